The zero-order valence-electron chi connectivity index (χ0n) is 15.5. The number of nitrogens with one attached hydrogen (secondary N) is 2. The van der Waals surface area contributed by atoms with E-state index in [1.54, 1.807) is 0 Å². The Morgan fingerprint density at radius 2 is 1.93 bits per heavy atom. The second kappa shape index (κ2) is 7.84. The SMILES string of the molecule is CN1CCC(CNc2cc(Nc3cnc(C#N)cn3)nnc2C2CC2)CC1. The van der Waals surface area contributed by atoms with Crippen molar-refractivity contribution in [1.29, 1.82) is 5.26 Å². The van der Waals surface area contributed by atoms with Gasteiger partial charge in [-0.1, -0.05) is 0 Å². The third kappa shape index (κ3) is 4.49. The Balaban J connectivity index is 1.45. The number of likely N-dealkylation sites (tertiary alicyclic amines) is 1. The number of rotatable bonds is 6. The lowest BCUT2D eigenvalue weighted by atomic mass is 9.97. The summed E-state index contributed by atoms with van der Waals surface area (Å²) in [7, 11) is 2.19. The van der Waals surface area contributed by atoms with Gasteiger partial charge < -0.3 is 15.5 Å². The number of aromatic nitrogens is 4. The summed E-state index contributed by atoms with van der Waals surface area (Å²) in [5, 5.41) is 24.3. The van der Waals surface area contributed by atoms with E-state index >= 15 is 0 Å². The number of hydrogen-bond acceptors (Lipinski definition) is 8. The van der Waals surface area contributed by atoms with Crippen molar-refractivity contribution < 1.29 is 0 Å². The Bertz CT molecular complexity index is 817. The predicted molar refractivity (Wildman–Crippen MR) is 103 cm³/mol. The van der Waals surface area contributed by atoms with E-state index in [4.69, 9.17) is 5.26 Å². The van der Waals surface area contributed by atoms with E-state index in [0.717, 1.165) is 17.9 Å². The lowest BCUT2D eigenvalue weighted by Gasteiger charge is -2.29. The molecule has 2 fully saturated rings. The average molecular weight is 364 g/mol. The molecule has 8 heteroatoms. The van der Waals surface area contributed by atoms with Gasteiger partial charge in [0.1, 0.15) is 11.9 Å². The van der Waals surface area contributed by atoms with E-state index in [-0.39, 0.29) is 5.69 Å². The summed E-state index contributed by atoms with van der Waals surface area (Å²) in [5.41, 5.74) is 2.42. The molecule has 2 aromatic rings. The van der Waals surface area contributed by atoms with Crippen LogP contribution in [0.4, 0.5) is 17.3 Å². The van der Waals surface area contributed by atoms with E-state index in [9.17, 15) is 0 Å². The van der Waals surface area contributed by atoms with E-state index in [1.165, 1.54) is 51.2 Å². The first-order valence-corrected chi connectivity index (χ1v) is 9.50. The molecular formula is C19H24N8. The van der Waals surface area contributed by atoms with Crippen molar-refractivity contribution in [2.75, 3.05) is 37.3 Å². The first-order chi connectivity index (χ1) is 13.2. The third-order valence-electron chi connectivity index (χ3n) is 5.23. The van der Waals surface area contributed by atoms with Gasteiger partial charge in [-0.2, -0.15) is 10.4 Å². The molecule has 1 saturated carbocycles. The maximum absolute atomic E-state index is 8.82. The summed E-state index contributed by atoms with van der Waals surface area (Å²) < 4.78 is 0. The molecule has 1 saturated heterocycles. The van der Waals surface area contributed by atoms with Crippen LogP contribution in [0, 0.1) is 17.2 Å². The van der Waals surface area contributed by atoms with Gasteiger partial charge in [-0.3, -0.25) is 0 Å². The van der Waals surface area contributed by atoms with Crippen molar-refractivity contribution in [3.05, 3.63) is 29.8 Å². The van der Waals surface area contributed by atoms with E-state index in [0.29, 0.717) is 23.5 Å². The minimum absolute atomic E-state index is 0.288. The van der Waals surface area contributed by atoms with Crippen LogP contribution in [0.25, 0.3) is 0 Å². The van der Waals surface area contributed by atoms with E-state index in [2.05, 4.69) is 42.7 Å². The first-order valence-electron chi connectivity index (χ1n) is 9.50. The number of piperidine rings is 1. The number of anilines is 3. The zero-order chi connectivity index (χ0) is 18.6. The fraction of sp³-hybridized carbons (Fsp3) is 0.526. The normalized spacial score (nSPS) is 18.1. The molecule has 0 aromatic carbocycles. The van der Waals surface area contributed by atoms with Crippen molar-refractivity contribution in [3.63, 3.8) is 0 Å². The highest BCUT2D eigenvalue weighted by Gasteiger charge is 2.29. The molecule has 27 heavy (non-hydrogen) atoms. The van der Waals surface area contributed by atoms with Crippen LogP contribution in [-0.2, 0) is 0 Å². The largest absolute Gasteiger partial charge is 0.383 e. The van der Waals surface area contributed by atoms with Crippen molar-refractivity contribution in [2.45, 2.75) is 31.6 Å². The van der Waals surface area contributed by atoms with Gasteiger partial charge in [-0.15, -0.1) is 5.10 Å². The summed E-state index contributed by atoms with van der Waals surface area (Å²) >= 11 is 0. The van der Waals surface area contributed by atoms with Crippen LogP contribution >= 0.6 is 0 Å². The summed E-state index contributed by atoms with van der Waals surface area (Å²) in [4.78, 5) is 10.6. The molecule has 2 N–H and O–H groups in total. The molecule has 8 nitrogen and oxygen atoms in total. The molecule has 1 aliphatic heterocycles. The smallest absolute Gasteiger partial charge is 0.158 e. The highest BCUT2D eigenvalue weighted by atomic mass is 15.2. The summed E-state index contributed by atoms with van der Waals surface area (Å²) in [5.74, 6) is 2.40. The fourth-order valence-electron chi connectivity index (χ4n) is 3.36. The molecule has 2 aliphatic rings. The number of hydrogen-bond donors (Lipinski definition) is 2. The van der Waals surface area contributed by atoms with Gasteiger partial charge in [0, 0.05) is 18.5 Å². The van der Waals surface area contributed by atoms with E-state index in [1.807, 2.05) is 12.1 Å². The molecular weight excluding hydrogens is 340 g/mol. The quantitative estimate of drug-likeness (QED) is 0.806. The molecule has 0 radical (unpaired) electrons. The fourth-order valence-corrected chi connectivity index (χ4v) is 3.36. The van der Waals surface area contributed by atoms with Crippen LogP contribution in [-0.4, -0.2) is 51.7 Å². The van der Waals surface area contributed by atoms with Gasteiger partial charge in [0.15, 0.2) is 11.5 Å². The molecule has 3 heterocycles. The van der Waals surface area contributed by atoms with Crippen molar-refractivity contribution >= 4 is 17.3 Å². The lowest BCUT2D eigenvalue weighted by Crippen LogP contribution is -2.33. The monoisotopic (exact) mass is 364 g/mol. The second-order valence-corrected chi connectivity index (χ2v) is 7.45. The van der Waals surface area contributed by atoms with Gasteiger partial charge in [-0.25, -0.2) is 9.97 Å². The zero-order valence-corrected chi connectivity index (χ0v) is 15.5. The number of nitrogens with zero attached hydrogens (tertiary/aromatic N) is 6. The maximum Gasteiger partial charge on any atom is 0.158 e. The van der Waals surface area contributed by atoms with Crippen molar-refractivity contribution in [1.82, 2.24) is 25.1 Å². The highest BCUT2D eigenvalue weighted by molar-refractivity contribution is 5.60. The summed E-state index contributed by atoms with van der Waals surface area (Å²) in [6.45, 7) is 3.30. The lowest BCUT2D eigenvalue weighted by molar-refractivity contribution is 0.226. The van der Waals surface area contributed by atoms with Crippen LogP contribution in [0.5, 0.6) is 0 Å². The molecule has 0 spiro atoms. The predicted octanol–water partition coefficient (Wildman–Crippen LogP) is 2.51. The molecule has 1 aliphatic carbocycles. The maximum atomic E-state index is 8.82. The minimum atomic E-state index is 0.288. The van der Waals surface area contributed by atoms with Crippen LogP contribution in [0.3, 0.4) is 0 Å². The Morgan fingerprint density at radius 1 is 1.11 bits per heavy atom. The number of nitriles is 1. The van der Waals surface area contributed by atoms with Gasteiger partial charge in [0.2, 0.25) is 0 Å². The Morgan fingerprint density at radius 3 is 2.59 bits per heavy atom. The molecule has 0 atom stereocenters. The van der Waals surface area contributed by atoms with Crippen LogP contribution < -0.4 is 10.6 Å². The van der Waals surface area contributed by atoms with Gasteiger partial charge in [-0.05, 0) is 51.7 Å². The molecule has 140 valence electrons. The second-order valence-electron chi connectivity index (χ2n) is 7.45. The minimum Gasteiger partial charge on any atom is -0.383 e. The Hall–Kier alpha value is -2.79. The van der Waals surface area contributed by atoms with Crippen molar-refractivity contribution in [2.24, 2.45) is 5.92 Å². The molecule has 4 rings (SSSR count). The summed E-state index contributed by atoms with van der Waals surface area (Å²) in [6, 6.07) is 3.97. The van der Waals surface area contributed by atoms with Crippen LogP contribution in [0.15, 0.2) is 18.5 Å². The average Bonchev–Trinajstić information content (AvgIpc) is 3.53. The molecule has 0 amide bonds. The van der Waals surface area contributed by atoms with Crippen LogP contribution in [0.1, 0.15) is 43.0 Å². The van der Waals surface area contributed by atoms with Gasteiger partial charge >= 0.3 is 0 Å². The Kier molecular flexibility index (Phi) is 5.12. The van der Waals surface area contributed by atoms with Crippen LogP contribution in [0.2, 0.25) is 0 Å². The van der Waals surface area contributed by atoms with Gasteiger partial charge in [0.25, 0.3) is 0 Å². The summed E-state index contributed by atoms with van der Waals surface area (Å²) in [6.07, 6.45) is 7.80. The first kappa shape index (κ1) is 17.6. The topological polar surface area (TPSA) is 103 Å². The third-order valence-corrected chi connectivity index (χ3v) is 5.23. The highest BCUT2D eigenvalue weighted by Crippen LogP contribution is 2.42. The van der Waals surface area contributed by atoms with Gasteiger partial charge in [0.05, 0.1) is 23.8 Å². The Labute approximate surface area is 159 Å². The standard InChI is InChI=1S/C19H24N8/c1-27-6-4-13(5-7-27)10-22-16-8-17(25-26-19(16)14-2-3-14)24-18-12-21-15(9-20)11-23-18/h8,11-14H,2-7,10H2,1H3,(H2,22,23,24,25). The van der Waals surface area contributed by atoms with Crippen molar-refractivity contribution in [3.8, 4) is 6.07 Å². The molecule has 2 aromatic heterocycles. The molecule has 0 unspecified atom stereocenters. The molecule has 0 bridgehead atoms. The van der Waals surface area contributed by atoms with E-state index < -0.39 is 0 Å².